The molecule has 0 saturated heterocycles. The van der Waals surface area contributed by atoms with Crippen LogP contribution in [0, 0.1) is 11.7 Å². The van der Waals surface area contributed by atoms with Crippen LogP contribution in [0.25, 0.3) is 0 Å². The summed E-state index contributed by atoms with van der Waals surface area (Å²) < 4.78 is 29.6. The number of hydrogen-bond donors (Lipinski definition) is 2. The van der Waals surface area contributed by atoms with Crippen LogP contribution < -0.4 is 5.32 Å². The summed E-state index contributed by atoms with van der Waals surface area (Å²) >= 11 is 0. The van der Waals surface area contributed by atoms with Crippen molar-refractivity contribution >= 4 is 11.8 Å². The van der Waals surface area contributed by atoms with E-state index in [1.807, 2.05) is 6.92 Å². The maximum absolute atomic E-state index is 15.2. The average molecular weight is 390 g/mol. The van der Waals surface area contributed by atoms with Gasteiger partial charge in [0.05, 0.1) is 12.0 Å². The first-order chi connectivity index (χ1) is 13.2. The summed E-state index contributed by atoms with van der Waals surface area (Å²) in [6.07, 6.45) is 1.73. The van der Waals surface area contributed by atoms with E-state index < -0.39 is 34.9 Å². The topological polar surface area (TPSA) is 69.6 Å². The van der Waals surface area contributed by atoms with Gasteiger partial charge < -0.3 is 15.3 Å². The maximum atomic E-state index is 15.2. The van der Waals surface area contributed by atoms with Crippen molar-refractivity contribution < 1.29 is 23.5 Å². The number of carbonyl (C=O) groups is 2. The molecule has 1 spiro atoms. The molecule has 3 fully saturated rings. The molecule has 5 rings (SSSR count). The molecule has 0 aromatic heterocycles. The second-order valence-corrected chi connectivity index (χ2v) is 9.25. The zero-order valence-corrected chi connectivity index (χ0v) is 15.8. The highest BCUT2D eigenvalue weighted by atomic mass is 19.1. The summed E-state index contributed by atoms with van der Waals surface area (Å²) in [5.41, 5.74) is -1.31. The lowest BCUT2D eigenvalue weighted by atomic mass is 9.78. The fourth-order valence-electron chi connectivity index (χ4n) is 5.11. The van der Waals surface area contributed by atoms with E-state index in [0.717, 1.165) is 12.8 Å². The Bertz CT molecular complexity index is 879. The number of aliphatic hydroxyl groups is 1. The van der Waals surface area contributed by atoms with Crippen LogP contribution in [0.4, 0.5) is 8.78 Å². The number of nitrogens with zero attached hydrogens (tertiary/aromatic N) is 1. The predicted molar refractivity (Wildman–Crippen MR) is 97.0 cm³/mol. The Labute approximate surface area is 162 Å². The second kappa shape index (κ2) is 5.75. The van der Waals surface area contributed by atoms with Crippen LogP contribution in [-0.2, 0) is 10.2 Å². The summed E-state index contributed by atoms with van der Waals surface area (Å²) in [4.78, 5) is 26.6. The Morgan fingerprint density at radius 2 is 2.00 bits per heavy atom. The van der Waals surface area contributed by atoms with Crippen molar-refractivity contribution in [1.82, 2.24) is 10.2 Å². The Hall–Kier alpha value is -2.02. The highest BCUT2D eigenvalue weighted by Crippen LogP contribution is 2.56. The Balaban J connectivity index is 1.40. The average Bonchev–Trinajstić information content (AvgIpc) is 3.49. The SMILES string of the molecule is CC1CC(O)(NC(=O)CN2C[C@@]3(C[C@@H]3F)c3c(ccc(C4CC4)c3F)C2=O)C1. The van der Waals surface area contributed by atoms with Gasteiger partial charge in [0.2, 0.25) is 5.91 Å². The van der Waals surface area contributed by atoms with Gasteiger partial charge in [-0.3, -0.25) is 9.59 Å². The summed E-state index contributed by atoms with van der Waals surface area (Å²) in [7, 11) is 0. The quantitative estimate of drug-likeness (QED) is 0.776. The lowest BCUT2D eigenvalue weighted by molar-refractivity contribution is -0.141. The summed E-state index contributed by atoms with van der Waals surface area (Å²) in [6, 6.07) is 3.22. The number of alkyl halides is 1. The third-order valence-corrected chi connectivity index (χ3v) is 6.74. The minimum absolute atomic E-state index is 0.00666. The number of carbonyl (C=O) groups excluding carboxylic acids is 2. The van der Waals surface area contributed by atoms with E-state index in [-0.39, 0.29) is 36.6 Å². The van der Waals surface area contributed by atoms with Gasteiger partial charge in [-0.2, -0.15) is 0 Å². The van der Waals surface area contributed by atoms with E-state index in [0.29, 0.717) is 24.3 Å². The van der Waals surface area contributed by atoms with Gasteiger partial charge in [-0.1, -0.05) is 13.0 Å². The Morgan fingerprint density at radius 3 is 2.57 bits per heavy atom. The molecule has 2 N–H and O–H groups in total. The van der Waals surface area contributed by atoms with Crippen LogP contribution >= 0.6 is 0 Å². The number of nitrogens with one attached hydrogen (secondary N) is 1. The predicted octanol–water partition coefficient (Wildman–Crippen LogP) is 2.37. The van der Waals surface area contributed by atoms with Crippen LogP contribution in [-0.4, -0.2) is 46.8 Å². The number of benzene rings is 1. The highest BCUT2D eigenvalue weighted by molar-refractivity contribution is 6.00. The van der Waals surface area contributed by atoms with Crippen LogP contribution in [0.1, 0.15) is 66.4 Å². The molecule has 1 aliphatic heterocycles. The van der Waals surface area contributed by atoms with Gasteiger partial charge in [-0.25, -0.2) is 8.78 Å². The molecular formula is C21H24F2N2O3. The standard InChI is InChI=1S/C21H24F2N2O3/c1-11-6-21(28,7-11)24-16(26)9-25-10-20(8-15(20)22)17-14(19(25)27)5-4-13(18(17)23)12-2-3-12/h4-5,11-12,15,28H,2-3,6-10H2,1H3,(H,24,26)/t11?,15-,20+,21?/m0/s1. The van der Waals surface area contributed by atoms with Crippen LogP contribution in [0.5, 0.6) is 0 Å². The van der Waals surface area contributed by atoms with Gasteiger partial charge in [-0.05, 0) is 55.6 Å². The molecule has 5 nitrogen and oxygen atoms in total. The van der Waals surface area contributed by atoms with Crippen LogP contribution in [0.2, 0.25) is 0 Å². The number of fused-ring (bicyclic) bond motifs is 2. The number of rotatable bonds is 4. The highest BCUT2D eigenvalue weighted by Gasteiger charge is 2.63. The molecule has 28 heavy (non-hydrogen) atoms. The molecule has 3 aliphatic carbocycles. The molecule has 0 bridgehead atoms. The van der Waals surface area contributed by atoms with Crippen molar-refractivity contribution in [3.8, 4) is 0 Å². The zero-order valence-electron chi connectivity index (χ0n) is 15.8. The van der Waals surface area contributed by atoms with E-state index in [4.69, 9.17) is 0 Å². The fourth-order valence-corrected chi connectivity index (χ4v) is 5.11. The number of amides is 2. The molecule has 4 aliphatic rings. The molecule has 1 heterocycles. The Morgan fingerprint density at radius 1 is 1.32 bits per heavy atom. The number of halogens is 2. The molecule has 2 amide bonds. The fraction of sp³-hybridized carbons (Fsp3) is 0.619. The van der Waals surface area contributed by atoms with E-state index in [1.165, 1.54) is 4.90 Å². The molecule has 0 unspecified atom stereocenters. The van der Waals surface area contributed by atoms with Crippen molar-refractivity contribution in [2.45, 2.75) is 62.3 Å². The minimum Gasteiger partial charge on any atom is -0.371 e. The maximum Gasteiger partial charge on any atom is 0.254 e. The van der Waals surface area contributed by atoms with Gasteiger partial charge in [0.15, 0.2) is 0 Å². The zero-order chi connectivity index (χ0) is 19.8. The molecule has 1 aromatic carbocycles. The van der Waals surface area contributed by atoms with E-state index in [1.54, 1.807) is 12.1 Å². The van der Waals surface area contributed by atoms with Crippen molar-refractivity contribution in [2.75, 3.05) is 13.1 Å². The molecule has 1 aromatic rings. The Kier molecular flexibility index (Phi) is 3.70. The lowest BCUT2D eigenvalue weighted by Gasteiger charge is -2.43. The first-order valence-electron chi connectivity index (χ1n) is 10.0. The summed E-state index contributed by atoms with van der Waals surface area (Å²) in [5.74, 6) is -0.865. The minimum atomic E-state index is -1.22. The normalized spacial score (nSPS) is 36.1. The van der Waals surface area contributed by atoms with Gasteiger partial charge in [0.25, 0.3) is 5.91 Å². The second-order valence-electron chi connectivity index (χ2n) is 9.25. The number of hydrogen-bond acceptors (Lipinski definition) is 3. The molecule has 7 heteroatoms. The van der Waals surface area contributed by atoms with Crippen molar-refractivity contribution in [2.24, 2.45) is 5.92 Å². The molecule has 3 saturated carbocycles. The largest absolute Gasteiger partial charge is 0.371 e. The van der Waals surface area contributed by atoms with Gasteiger partial charge >= 0.3 is 0 Å². The summed E-state index contributed by atoms with van der Waals surface area (Å²) in [5, 5.41) is 12.8. The van der Waals surface area contributed by atoms with Crippen LogP contribution in [0.15, 0.2) is 12.1 Å². The third kappa shape index (κ3) is 2.66. The monoisotopic (exact) mass is 390 g/mol. The van der Waals surface area contributed by atoms with E-state index >= 15 is 4.39 Å². The third-order valence-electron chi connectivity index (χ3n) is 6.74. The van der Waals surface area contributed by atoms with Gasteiger partial charge in [0.1, 0.15) is 17.7 Å². The molecule has 0 radical (unpaired) electrons. The van der Waals surface area contributed by atoms with Gasteiger partial charge in [-0.15, -0.1) is 0 Å². The van der Waals surface area contributed by atoms with Crippen LogP contribution in [0.3, 0.4) is 0 Å². The van der Waals surface area contributed by atoms with E-state index in [9.17, 15) is 19.1 Å². The van der Waals surface area contributed by atoms with E-state index in [2.05, 4.69) is 5.32 Å². The molecular weight excluding hydrogens is 366 g/mol. The molecule has 150 valence electrons. The summed E-state index contributed by atoms with van der Waals surface area (Å²) in [6.45, 7) is 1.71. The van der Waals surface area contributed by atoms with Crippen molar-refractivity contribution in [3.63, 3.8) is 0 Å². The lowest BCUT2D eigenvalue weighted by Crippen LogP contribution is -2.59. The van der Waals surface area contributed by atoms with Crippen molar-refractivity contribution in [3.05, 3.63) is 34.6 Å². The first kappa shape index (κ1) is 18.0. The van der Waals surface area contributed by atoms with Crippen molar-refractivity contribution in [1.29, 1.82) is 0 Å². The first-order valence-corrected chi connectivity index (χ1v) is 10.0. The molecule has 2 atom stereocenters. The smallest absolute Gasteiger partial charge is 0.254 e. The van der Waals surface area contributed by atoms with Gasteiger partial charge in [0, 0.05) is 17.7 Å².